The van der Waals surface area contributed by atoms with Crippen LogP contribution in [0.1, 0.15) is 47.3 Å². The smallest absolute Gasteiger partial charge is 0.270 e. The van der Waals surface area contributed by atoms with Gasteiger partial charge >= 0.3 is 0 Å². The van der Waals surface area contributed by atoms with Crippen molar-refractivity contribution in [2.75, 3.05) is 38.1 Å². The molecule has 1 atom stereocenters. The third-order valence-electron chi connectivity index (χ3n) is 6.33. The molecule has 1 unspecified atom stereocenters. The molecule has 1 aliphatic rings. The molecule has 176 valence electrons. The third-order valence-corrected chi connectivity index (χ3v) is 6.33. The van der Waals surface area contributed by atoms with Gasteiger partial charge in [0.15, 0.2) is 11.5 Å². The molecule has 0 spiro atoms. The zero-order chi connectivity index (χ0) is 24.4. The van der Waals surface area contributed by atoms with E-state index in [4.69, 9.17) is 0 Å². The van der Waals surface area contributed by atoms with Gasteiger partial charge in [-0.1, -0.05) is 13.0 Å². The first-order chi connectivity index (χ1) is 16.4. The number of benzene rings is 1. The van der Waals surface area contributed by atoms with E-state index in [0.717, 1.165) is 0 Å². The summed E-state index contributed by atoms with van der Waals surface area (Å²) in [6.07, 6.45) is 0.479. The van der Waals surface area contributed by atoms with Gasteiger partial charge in [0.2, 0.25) is 0 Å². The van der Waals surface area contributed by atoms with Gasteiger partial charge in [0.05, 0.1) is 11.2 Å². The number of carbonyl (C=O) groups is 1. The van der Waals surface area contributed by atoms with Crippen LogP contribution in [0.5, 0.6) is 0 Å². The lowest BCUT2D eigenvalue weighted by Crippen LogP contribution is -2.47. The van der Waals surface area contributed by atoms with Crippen molar-refractivity contribution in [1.82, 2.24) is 25.2 Å². The van der Waals surface area contributed by atoms with E-state index in [9.17, 15) is 14.9 Å². The standard InChI is InChI=1S/C24H26FN7O2/c1-4-16-24(34)30-22-17(28-16)6-5-15(21(22)25)14(2)31-9-11-32(12-10-31)20-8-7-18(23(33)27-3)29-19(20)13-26/h5-8,14H,4,9-12H2,1-3H3,(H,27,33)(H,30,34). The Kier molecular flexibility index (Phi) is 6.56. The van der Waals surface area contributed by atoms with Gasteiger partial charge in [-0.15, -0.1) is 0 Å². The maximum atomic E-state index is 15.3. The van der Waals surface area contributed by atoms with Gasteiger partial charge < -0.3 is 15.2 Å². The molecule has 1 fully saturated rings. The van der Waals surface area contributed by atoms with E-state index in [1.54, 1.807) is 24.3 Å². The summed E-state index contributed by atoms with van der Waals surface area (Å²) in [7, 11) is 1.51. The number of hydrogen-bond acceptors (Lipinski definition) is 7. The number of carbonyl (C=O) groups excluding carboxylic acids is 1. The number of aromatic nitrogens is 3. The van der Waals surface area contributed by atoms with Gasteiger partial charge in [-0.05, 0) is 31.5 Å². The van der Waals surface area contributed by atoms with Crippen LogP contribution in [-0.2, 0) is 6.42 Å². The van der Waals surface area contributed by atoms with Crippen LogP contribution in [0.3, 0.4) is 0 Å². The van der Waals surface area contributed by atoms with Gasteiger partial charge in [-0.3, -0.25) is 14.5 Å². The van der Waals surface area contributed by atoms with Crippen molar-refractivity contribution in [2.45, 2.75) is 26.3 Å². The Labute approximate surface area is 196 Å². The van der Waals surface area contributed by atoms with Crippen molar-refractivity contribution in [3.63, 3.8) is 0 Å². The van der Waals surface area contributed by atoms with Gasteiger partial charge in [-0.2, -0.15) is 5.26 Å². The highest BCUT2D eigenvalue weighted by Crippen LogP contribution is 2.29. The maximum Gasteiger partial charge on any atom is 0.270 e. The molecule has 9 nitrogen and oxygen atoms in total. The number of aromatic amines is 1. The molecule has 2 aromatic heterocycles. The second-order valence-corrected chi connectivity index (χ2v) is 8.18. The first-order valence-corrected chi connectivity index (χ1v) is 11.2. The lowest BCUT2D eigenvalue weighted by Gasteiger charge is -2.39. The Morgan fingerprint density at radius 2 is 1.97 bits per heavy atom. The molecule has 1 amide bonds. The van der Waals surface area contributed by atoms with Crippen LogP contribution in [0.15, 0.2) is 29.1 Å². The highest BCUT2D eigenvalue weighted by molar-refractivity contribution is 5.92. The van der Waals surface area contributed by atoms with E-state index in [-0.39, 0.29) is 34.4 Å². The second kappa shape index (κ2) is 9.57. The summed E-state index contributed by atoms with van der Waals surface area (Å²) in [4.78, 5) is 39.3. The predicted octanol–water partition coefficient (Wildman–Crippen LogP) is 2.13. The molecule has 3 aromatic rings. The number of fused-ring (bicyclic) bond motifs is 1. The molecule has 3 heterocycles. The number of hydrogen-bond donors (Lipinski definition) is 2. The molecule has 34 heavy (non-hydrogen) atoms. The summed E-state index contributed by atoms with van der Waals surface area (Å²) in [6, 6.07) is 8.68. The topological polar surface area (TPSA) is 118 Å². The molecule has 2 N–H and O–H groups in total. The quantitative estimate of drug-likeness (QED) is 0.595. The highest BCUT2D eigenvalue weighted by Gasteiger charge is 2.26. The van der Waals surface area contributed by atoms with Crippen LogP contribution in [-0.4, -0.2) is 59.0 Å². The Morgan fingerprint density at radius 1 is 1.24 bits per heavy atom. The zero-order valence-electron chi connectivity index (χ0n) is 19.4. The number of amides is 1. The van der Waals surface area contributed by atoms with Crippen molar-refractivity contribution in [3.8, 4) is 6.07 Å². The van der Waals surface area contributed by atoms with Crippen LogP contribution in [0.4, 0.5) is 10.1 Å². The Hall–Kier alpha value is -3.84. The van der Waals surface area contributed by atoms with Crippen molar-refractivity contribution < 1.29 is 9.18 Å². The Morgan fingerprint density at radius 3 is 2.62 bits per heavy atom. The van der Waals surface area contributed by atoms with E-state index in [1.807, 2.05) is 18.7 Å². The molecule has 10 heteroatoms. The van der Waals surface area contributed by atoms with Crippen LogP contribution < -0.4 is 15.8 Å². The second-order valence-electron chi connectivity index (χ2n) is 8.18. The van der Waals surface area contributed by atoms with Crippen molar-refractivity contribution in [1.29, 1.82) is 5.26 Å². The summed E-state index contributed by atoms with van der Waals surface area (Å²) in [6.45, 7) is 6.30. The number of halogens is 1. The van der Waals surface area contributed by atoms with Crippen molar-refractivity contribution in [3.05, 3.63) is 63.1 Å². The minimum Gasteiger partial charge on any atom is -0.367 e. The Bertz CT molecular complexity index is 1340. The first-order valence-electron chi connectivity index (χ1n) is 11.2. The van der Waals surface area contributed by atoms with E-state index in [0.29, 0.717) is 55.1 Å². The fourth-order valence-corrected chi connectivity index (χ4v) is 4.33. The van der Waals surface area contributed by atoms with Crippen molar-refractivity contribution >= 4 is 22.6 Å². The summed E-state index contributed by atoms with van der Waals surface area (Å²) in [5.74, 6) is -0.804. The minimum absolute atomic E-state index is 0.131. The molecular formula is C24H26FN7O2. The van der Waals surface area contributed by atoms with Gasteiger partial charge in [-0.25, -0.2) is 14.4 Å². The number of aryl methyl sites for hydroxylation is 1. The highest BCUT2D eigenvalue weighted by atomic mass is 19.1. The fraction of sp³-hybridized carbons (Fsp3) is 0.375. The van der Waals surface area contributed by atoms with Crippen LogP contribution in [0.2, 0.25) is 0 Å². The minimum atomic E-state index is -0.458. The van der Waals surface area contributed by atoms with Crippen LogP contribution >= 0.6 is 0 Å². The normalized spacial score (nSPS) is 15.2. The maximum absolute atomic E-state index is 15.3. The number of pyridine rings is 1. The molecule has 1 saturated heterocycles. The average Bonchev–Trinajstić information content (AvgIpc) is 2.87. The summed E-state index contributed by atoms with van der Waals surface area (Å²) in [5, 5.41) is 12.0. The lowest BCUT2D eigenvalue weighted by atomic mass is 10.0. The number of rotatable bonds is 5. The molecule has 1 aliphatic heterocycles. The number of nitrogens with zero attached hydrogens (tertiary/aromatic N) is 5. The van der Waals surface area contributed by atoms with E-state index < -0.39 is 5.82 Å². The lowest BCUT2D eigenvalue weighted by molar-refractivity contribution is 0.0958. The van der Waals surface area contributed by atoms with Crippen LogP contribution in [0, 0.1) is 17.1 Å². The first kappa shape index (κ1) is 23.3. The molecule has 0 radical (unpaired) electrons. The third kappa shape index (κ3) is 4.22. The van der Waals surface area contributed by atoms with Gasteiger partial charge in [0, 0.05) is 44.8 Å². The number of nitriles is 1. The van der Waals surface area contributed by atoms with Gasteiger partial charge in [0.1, 0.15) is 23.0 Å². The van der Waals surface area contributed by atoms with E-state index >= 15 is 4.39 Å². The van der Waals surface area contributed by atoms with Crippen molar-refractivity contribution in [2.24, 2.45) is 0 Å². The average molecular weight is 464 g/mol. The number of H-pyrrole nitrogens is 1. The van der Waals surface area contributed by atoms with E-state index in [1.165, 1.54) is 7.05 Å². The number of anilines is 1. The summed E-state index contributed by atoms with van der Waals surface area (Å²) < 4.78 is 15.3. The van der Waals surface area contributed by atoms with Crippen LogP contribution in [0.25, 0.3) is 11.0 Å². The molecule has 1 aromatic carbocycles. The molecule has 0 saturated carbocycles. The summed E-state index contributed by atoms with van der Waals surface area (Å²) >= 11 is 0. The number of piperazine rings is 1. The molecular weight excluding hydrogens is 437 g/mol. The molecule has 0 aliphatic carbocycles. The zero-order valence-corrected chi connectivity index (χ0v) is 19.4. The molecule has 0 bridgehead atoms. The van der Waals surface area contributed by atoms with Gasteiger partial charge in [0.25, 0.3) is 11.5 Å². The predicted molar refractivity (Wildman–Crippen MR) is 126 cm³/mol. The molecule has 4 rings (SSSR count). The monoisotopic (exact) mass is 463 g/mol. The van der Waals surface area contributed by atoms with E-state index in [2.05, 4.69) is 31.2 Å². The largest absolute Gasteiger partial charge is 0.367 e. The fourth-order valence-electron chi connectivity index (χ4n) is 4.33. The summed E-state index contributed by atoms with van der Waals surface area (Å²) in [5.41, 5.74) is 2.16. The SMILES string of the molecule is CCc1nc2ccc(C(C)N3CCN(c4ccc(C(=O)NC)nc4C#N)CC3)c(F)c2[nH]c1=O. The Balaban J connectivity index is 1.52. The number of nitrogens with one attached hydrogen (secondary N) is 2.